The second-order valence-electron chi connectivity index (χ2n) is 4.57. The van der Waals surface area contributed by atoms with Crippen LogP contribution in [0.4, 0.5) is 0 Å². The molecule has 0 amide bonds. The second kappa shape index (κ2) is 6.64. The second-order valence-corrected chi connectivity index (χ2v) is 5.69. The summed E-state index contributed by atoms with van der Waals surface area (Å²) in [4.78, 5) is 2.43. The molecule has 0 aliphatic rings. The molecule has 0 heterocycles. The van der Waals surface area contributed by atoms with Gasteiger partial charge in [0, 0.05) is 15.8 Å². The predicted octanol–water partition coefficient (Wildman–Crippen LogP) is 3.74. The van der Waals surface area contributed by atoms with Crippen molar-refractivity contribution in [2.45, 2.75) is 29.2 Å². The fourth-order valence-electron chi connectivity index (χ4n) is 1.89. The van der Waals surface area contributed by atoms with Gasteiger partial charge >= 0.3 is 0 Å². The van der Waals surface area contributed by atoms with Crippen molar-refractivity contribution in [2.24, 2.45) is 5.73 Å². The van der Waals surface area contributed by atoms with E-state index >= 15 is 0 Å². The van der Waals surface area contributed by atoms with Gasteiger partial charge in [0.25, 0.3) is 0 Å². The summed E-state index contributed by atoms with van der Waals surface area (Å²) in [6.07, 6.45) is 0.874. The first-order chi connectivity index (χ1) is 9.19. The van der Waals surface area contributed by atoms with Crippen molar-refractivity contribution in [1.29, 1.82) is 0 Å². The van der Waals surface area contributed by atoms with Crippen molar-refractivity contribution in [3.05, 3.63) is 54.1 Å². The average molecular weight is 273 g/mol. The Labute approximate surface area is 119 Å². The number of nitrogens with two attached hydrogens (primary N) is 1. The van der Waals surface area contributed by atoms with E-state index in [9.17, 15) is 0 Å². The summed E-state index contributed by atoms with van der Waals surface area (Å²) in [5.41, 5.74) is 7.18. The first-order valence-corrected chi connectivity index (χ1v) is 7.16. The predicted molar refractivity (Wildman–Crippen MR) is 80.9 cm³/mol. The third kappa shape index (κ3) is 4.01. The zero-order valence-corrected chi connectivity index (χ0v) is 12.1. The number of rotatable bonds is 5. The van der Waals surface area contributed by atoms with E-state index in [0.29, 0.717) is 0 Å². The first-order valence-electron chi connectivity index (χ1n) is 6.34. The van der Waals surface area contributed by atoms with Crippen LogP contribution in [0.25, 0.3) is 0 Å². The Morgan fingerprint density at radius 1 is 1.16 bits per heavy atom. The van der Waals surface area contributed by atoms with E-state index in [1.165, 1.54) is 15.4 Å². The highest BCUT2D eigenvalue weighted by molar-refractivity contribution is 7.99. The van der Waals surface area contributed by atoms with Crippen molar-refractivity contribution in [2.75, 3.05) is 7.11 Å². The van der Waals surface area contributed by atoms with Gasteiger partial charge in [0.1, 0.15) is 5.75 Å². The van der Waals surface area contributed by atoms with E-state index in [-0.39, 0.29) is 6.04 Å². The van der Waals surface area contributed by atoms with Crippen LogP contribution in [0.15, 0.2) is 58.3 Å². The summed E-state index contributed by atoms with van der Waals surface area (Å²) in [5.74, 6) is 0.881. The monoisotopic (exact) mass is 273 g/mol. The Balaban J connectivity index is 2.29. The minimum atomic E-state index is 0.156. The Kier molecular flexibility index (Phi) is 4.88. The summed E-state index contributed by atoms with van der Waals surface area (Å²) in [6.45, 7) is 2.03. The molecule has 0 bridgehead atoms. The molecule has 0 aliphatic heterocycles. The molecular formula is C16H19NOS. The Morgan fingerprint density at radius 2 is 1.89 bits per heavy atom. The normalized spacial score (nSPS) is 12.2. The number of methoxy groups -OCH3 is 1. The molecule has 0 spiro atoms. The van der Waals surface area contributed by atoms with Crippen LogP contribution in [-0.4, -0.2) is 13.2 Å². The fourth-order valence-corrected chi connectivity index (χ4v) is 2.89. The van der Waals surface area contributed by atoms with E-state index in [0.717, 1.165) is 12.2 Å². The van der Waals surface area contributed by atoms with Crippen LogP contribution < -0.4 is 10.5 Å². The van der Waals surface area contributed by atoms with Gasteiger partial charge in [0.15, 0.2) is 0 Å². The molecule has 0 saturated heterocycles. The van der Waals surface area contributed by atoms with E-state index < -0.39 is 0 Å². The van der Waals surface area contributed by atoms with Crippen LogP contribution in [-0.2, 0) is 6.42 Å². The van der Waals surface area contributed by atoms with Crippen LogP contribution in [0.3, 0.4) is 0 Å². The number of hydrogen-bond donors (Lipinski definition) is 1. The maximum absolute atomic E-state index is 5.92. The van der Waals surface area contributed by atoms with Gasteiger partial charge in [0.05, 0.1) is 7.11 Å². The Bertz CT molecular complexity index is 526. The Hall–Kier alpha value is -1.45. The lowest BCUT2D eigenvalue weighted by Gasteiger charge is -2.13. The number of ether oxygens (including phenoxy) is 1. The van der Waals surface area contributed by atoms with E-state index in [2.05, 4.69) is 24.3 Å². The van der Waals surface area contributed by atoms with Crippen LogP contribution in [0.1, 0.15) is 12.5 Å². The standard InChI is InChI=1S/C16H19NOS/c1-12(17)10-13-8-9-14(18-2)11-16(13)19-15-6-4-3-5-7-15/h3-9,11-12H,10,17H2,1-2H3/t12-/m0/s1. The average Bonchev–Trinajstić information content (AvgIpc) is 2.41. The van der Waals surface area contributed by atoms with Crippen molar-refractivity contribution in [3.8, 4) is 5.75 Å². The van der Waals surface area contributed by atoms with E-state index in [4.69, 9.17) is 10.5 Å². The molecule has 19 heavy (non-hydrogen) atoms. The lowest BCUT2D eigenvalue weighted by atomic mass is 10.1. The quantitative estimate of drug-likeness (QED) is 0.901. The van der Waals surface area contributed by atoms with Gasteiger partial charge in [-0.15, -0.1) is 0 Å². The smallest absolute Gasteiger partial charge is 0.120 e. The van der Waals surface area contributed by atoms with Gasteiger partial charge in [0.2, 0.25) is 0 Å². The highest BCUT2D eigenvalue weighted by Gasteiger charge is 2.08. The fraction of sp³-hybridized carbons (Fsp3) is 0.250. The van der Waals surface area contributed by atoms with Gasteiger partial charge in [-0.2, -0.15) is 0 Å². The lowest BCUT2D eigenvalue weighted by molar-refractivity contribution is 0.413. The summed E-state index contributed by atoms with van der Waals surface area (Å²) >= 11 is 1.75. The first kappa shape index (κ1) is 14.0. The van der Waals surface area contributed by atoms with Gasteiger partial charge < -0.3 is 10.5 Å². The van der Waals surface area contributed by atoms with Crippen molar-refractivity contribution >= 4 is 11.8 Å². The van der Waals surface area contributed by atoms with Gasteiger partial charge in [-0.25, -0.2) is 0 Å². The maximum Gasteiger partial charge on any atom is 0.120 e. The molecular weight excluding hydrogens is 254 g/mol. The highest BCUT2D eigenvalue weighted by atomic mass is 32.2. The van der Waals surface area contributed by atoms with Crippen LogP contribution in [0.2, 0.25) is 0 Å². The molecule has 3 heteroatoms. The third-order valence-corrected chi connectivity index (χ3v) is 3.90. The molecule has 0 radical (unpaired) electrons. The minimum absolute atomic E-state index is 0.156. The summed E-state index contributed by atoms with van der Waals surface area (Å²) in [7, 11) is 1.69. The summed E-state index contributed by atoms with van der Waals surface area (Å²) < 4.78 is 5.31. The molecule has 0 aliphatic carbocycles. The van der Waals surface area contributed by atoms with Crippen molar-refractivity contribution in [1.82, 2.24) is 0 Å². The van der Waals surface area contributed by atoms with Crippen LogP contribution in [0.5, 0.6) is 5.75 Å². The van der Waals surface area contributed by atoms with Crippen LogP contribution >= 0.6 is 11.8 Å². The highest BCUT2D eigenvalue weighted by Crippen LogP contribution is 2.33. The van der Waals surface area contributed by atoms with Crippen LogP contribution in [0, 0.1) is 0 Å². The molecule has 0 saturated carbocycles. The van der Waals surface area contributed by atoms with E-state index in [1.807, 2.05) is 31.2 Å². The molecule has 0 aromatic heterocycles. The third-order valence-electron chi connectivity index (χ3n) is 2.79. The molecule has 2 N–H and O–H groups in total. The zero-order valence-electron chi connectivity index (χ0n) is 11.3. The van der Waals surface area contributed by atoms with E-state index in [1.54, 1.807) is 18.9 Å². The molecule has 0 fully saturated rings. The summed E-state index contributed by atoms with van der Waals surface area (Å²) in [5, 5.41) is 0. The largest absolute Gasteiger partial charge is 0.497 e. The lowest BCUT2D eigenvalue weighted by Crippen LogP contribution is -2.18. The number of hydrogen-bond acceptors (Lipinski definition) is 3. The Morgan fingerprint density at radius 3 is 2.53 bits per heavy atom. The molecule has 2 nitrogen and oxygen atoms in total. The molecule has 1 atom stereocenters. The molecule has 2 rings (SSSR count). The van der Waals surface area contributed by atoms with Crippen molar-refractivity contribution in [3.63, 3.8) is 0 Å². The molecule has 2 aromatic carbocycles. The summed E-state index contributed by atoms with van der Waals surface area (Å²) in [6, 6.07) is 16.7. The van der Waals surface area contributed by atoms with Gasteiger partial charge in [-0.1, -0.05) is 36.0 Å². The topological polar surface area (TPSA) is 35.2 Å². The molecule has 0 unspecified atom stereocenters. The number of benzene rings is 2. The molecule has 100 valence electrons. The SMILES string of the molecule is COc1ccc(C[C@H](C)N)c(Sc2ccccc2)c1. The zero-order chi connectivity index (χ0) is 13.7. The van der Waals surface area contributed by atoms with Gasteiger partial charge in [-0.05, 0) is 43.2 Å². The minimum Gasteiger partial charge on any atom is -0.497 e. The molecule has 2 aromatic rings. The van der Waals surface area contributed by atoms with Gasteiger partial charge in [-0.3, -0.25) is 0 Å². The maximum atomic E-state index is 5.92. The van der Waals surface area contributed by atoms with Crippen molar-refractivity contribution < 1.29 is 4.74 Å².